The van der Waals surface area contributed by atoms with E-state index in [1.54, 1.807) is 24.3 Å². The zero-order valence-corrected chi connectivity index (χ0v) is 13.1. The van der Waals surface area contributed by atoms with Crippen LogP contribution in [0.4, 0.5) is 0 Å². The van der Waals surface area contributed by atoms with Crippen molar-refractivity contribution in [3.63, 3.8) is 0 Å². The van der Waals surface area contributed by atoms with Gasteiger partial charge in [-0.25, -0.2) is 0 Å². The van der Waals surface area contributed by atoms with Crippen molar-refractivity contribution in [3.05, 3.63) is 47.5 Å². The molecule has 0 spiro atoms. The lowest BCUT2D eigenvalue weighted by atomic mass is 9.94. The third-order valence-electron chi connectivity index (χ3n) is 4.46. The van der Waals surface area contributed by atoms with E-state index < -0.39 is 0 Å². The molecule has 0 bridgehead atoms. The van der Waals surface area contributed by atoms with Crippen molar-refractivity contribution < 1.29 is 24.4 Å². The number of hydrogen-bond acceptors (Lipinski definition) is 6. The van der Waals surface area contributed by atoms with Crippen LogP contribution in [-0.2, 0) is 4.74 Å². The number of phenols is 2. The number of hydrogen-bond donors (Lipinski definition) is 2. The standard InChI is InChI=1S/C18H19NO5/c20-14-4-2-1-3-12(14)18(19-5-7-22-8-6-19)13-9-16-17(10-15(13)21)24-11-23-16/h1-4,9-10,18,20-21H,5-8,11H2/t18-/m1/s1. The number of phenolic OH excluding ortho intramolecular Hbond substituents is 2. The molecule has 2 aromatic rings. The van der Waals surface area contributed by atoms with Gasteiger partial charge in [0, 0.05) is 30.3 Å². The van der Waals surface area contributed by atoms with Gasteiger partial charge in [-0.1, -0.05) is 18.2 Å². The number of rotatable bonds is 3. The van der Waals surface area contributed by atoms with Crippen LogP contribution in [0.5, 0.6) is 23.0 Å². The van der Waals surface area contributed by atoms with E-state index in [4.69, 9.17) is 14.2 Å². The van der Waals surface area contributed by atoms with Gasteiger partial charge in [-0.3, -0.25) is 4.90 Å². The van der Waals surface area contributed by atoms with E-state index in [1.807, 2.05) is 12.1 Å². The monoisotopic (exact) mass is 329 g/mol. The van der Waals surface area contributed by atoms with Gasteiger partial charge in [0.1, 0.15) is 11.5 Å². The Bertz CT molecular complexity index is 742. The minimum Gasteiger partial charge on any atom is -0.508 e. The molecule has 126 valence electrons. The smallest absolute Gasteiger partial charge is 0.231 e. The quantitative estimate of drug-likeness (QED) is 0.900. The number of para-hydroxylation sites is 1. The highest BCUT2D eigenvalue weighted by atomic mass is 16.7. The van der Waals surface area contributed by atoms with Gasteiger partial charge in [-0.05, 0) is 12.1 Å². The van der Waals surface area contributed by atoms with E-state index in [1.165, 1.54) is 0 Å². The van der Waals surface area contributed by atoms with Crippen molar-refractivity contribution in [2.24, 2.45) is 0 Å². The molecule has 6 heteroatoms. The molecule has 2 aliphatic heterocycles. The maximum absolute atomic E-state index is 10.6. The van der Waals surface area contributed by atoms with Crippen molar-refractivity contribution in [1.82, 2.24) is 4.90 Å². The second-order valence-corrected chi connectivity index (χ2v) is 5.87. The highest BCUT2D eigenvalue weighted by Gasteiger charge is 2.30. The molecule has 0 unspecified atom stereocenters. The van der Waals surface area contributed by atoms with Crippen LogP contribution >= 0.6 is 0 Å². The largest absolute Gasteiger partial charge is 0.508 e. The van der Waals surface area contributed by atoms with E-state index in [0.717, 1.165) is 5.56 Å². The Morgan fingerprint density at radius 2 is 1.58 bits per heavy atom. The molecule has 0 radical (unpaired) electrons. The Labute approximate surface area is 139 Å². The molecule has 24 heavy (non-hydrogen) atoms. The summed E-state index contributed by atoms with van der Waals surface area (Å²) in [4.78, 5) is 2.19. The van der Waals surface area contributed by atoms with Gasteiger partial charge in [-0.2, -0.15) is 0 Å². The van der Waals surface area contributed by atoms with Crippen molar-refractivity contribution in [2.75, 3.05) is 33.1 Å². The normalized spacial score (nSPS) is 18.5. The number of benzene rings is 2. The molecule has 0 aromatic heterocycles. The Morgan fingerprint density at radius 3 is 2.33 bits per heavy atom. The maximum Gasteiger partial charge on any atom is 0.231 e. The van der Waals surface area contributed by atoms with Gasteiger partial charge in [0.25, 0.3) is 0 Å². The zero-order chi connectivity index (χ0) is 16.5. The van der Waals surface area contributed by atoms with Gasteiger partial charge >= 0.3 is 0 Å². The first-order valence-electron chi connectivity index (χ1n) is 7.96. The third-order valence-corrected chi connectivity index (χ3v) is 4.46. The van der Waals surface area contributed by atoms with Crippen LogP contribution in [-0.4, -0.2) is 48.2 Å². The van der Waals surface area contributed by atoms with Crippen LogP contribution in [0.3, 0.4) is 0 Å². The van der Waals surface area contributed by atoms with Crippen LogP contribution < -0.4 is 9.47 Å². The van der Waals surface area contributed by atoms with E-state index >= 15 is 0 Å². The summed E-state index contributed by atoms with van der Waals surface area (Å²) < 4.78 is 16.2. The lowest BCUT2D eigenvalue weighted by Crippen LogP contribution is -2.39. The predicted octanol–water partition coefficient (Wildman–Crippen LogP) is 2.25. The SMILES string of the molecule is Oc1ccccc1[C@H](c1cc2c(cc1O)OCO2)N1CCOCC1. The Morgan fingerprint density at radius 1 is 0.875 bits per heavy atom. The van der Waals surface area contributed by atoms with Gasteiger partial charge in [0.15, 0.2) is 11.5 Å². The molecule has 6 nitrogen and oxygen atoms in total. The van der Waals surface area contributed by atoms with Crippen molar-refractivity contribution in [1.29, 1.82) is 0 Å². The third kappa shape index (κ3) is 2.64. The van der Waals surface area contributed by atoms with Gasteiger partial charge in [0.2, 0.25) is 6.79 Å². The second-order valence-electron chi connectivity index (χ2n) is 5.87. The molecule has 2 aliphatic rings. The fraction of sp³-hybridized carbons (Fsp3) is 0.333. The van der Waals surface area contributed by atoms with Crippen molar-refractivity contribution >= 4 is 0 Å². The lowest BCUT2D eigenvalue weighted by molar-refractivity contribution is 0.0231. The van der Waals surface area contributed by atoms with E-state index in [-0.39, 0.29) is 24.3 Å². The molecule has 4 rings (SSSR count). The van der Waals surface area contributed by atoms with Crippen LogP contribution in [0, 0.1) is 0 Å². The number of nitrogens with zero attached hydrogens (tertiary/aromatic N) is 1. The molecule has 2 aromatic carbocycles. The van der Waals surface area contributed by atoms with Gasteiger partial charge in [-0.15, -0.1) is 0 Å². The average Bonchev–Trinajstić information content (AvgIpc) is 3.05. The molecule has 2 N–H and O–H groups in total. The maximum atomic E-state index is 10.6. The Hall–Kier alpha value is -2.44. The van der Waals surface area contributed by atoms with Crippen LogP contribution in [0.1, 0.15) is 17.2 Å². The predicted molar refractivity (Wildman–Crippen MR) is 86.6 cm³/mol. The summed E-state index contributed by atoms with van der Waals surface area (Å²) in [5.74, 6) is 1.47. The molecular weight excluding hydrogens is 310 g/mol. The lowest BCUT2D eigenvalue weighted by Gasteiger charge is -2.35. The highest BCUT2D eigenvalue weighted by molar-refractivity contribution is 5.55. The highest BCUT2D eigenvalue weighted by Crippen LogP contribution is 2.44. The van der Waals surface area contributed by atoms with Crippen LogP contribution in [0.15, 0.2) is 36.4 Å². The zero-order valence-electron chi connectivity index (χ0n) is 13.1. The first-order chi connectivity index (χ1) is 11.7. The summed E-state index contributed by atoms with van der Waals surface area (Å²) in [6, 6.07) is 10.3. The topological polar surface area (TPSA) is 71.4 Å². The average molecular weight is 329 g/mol. The summed E-state index contributed by atoms with van der Waals surface area (Å²) in [7, 11) is 0. The molecule has 0 amide bonds. The van der Waals surface area contributed by atoms with Crippen LogP contribution in [0.2, 0.25) is 0 Å². The number of aromatic hydroxyl groups is 2. The first-order valence-corrected chi connectivity index (χ1v) is 7.96. The fourth-order valence-electron chi connectivity index (χ4n) is 3.28. The van der Waals surface area contributed by atoms with Gasteiger partial charge < -0.3 is 24.4 Å². The first kappa shape index (κ1) is 15.1. The minimum atomic E-state index is -0.287. The van der Waals surface area contributed by atoms with Gasteiger partial charge in [0.05, 0.1) is 19.3 Å². The van der Waals surface area contributed by atoms with Crippen LogP contribution in [0.25, 0.3) is 0 Å². The molecular formula is C18H19NO5. The summed E-state index contributed by atoms with van der Waals surface area (Å²) in [5.41, 5.74) is 1.43. The number of morpholine rings is 1. The van der Waals surface area contributed by atoms with E-state index in [2.05, 4.69) is 4.90 Å². The molecule has 1 fully saturated rings. The molecule has 0 aliphatic carbocycles. The molecule has 1 atom stereocenters. The van der Waals surface area contributed by atoms with E-state index in [0.29, 0.717) is 43.4 Å². The summed E-state index contributed by atoms with van der Waals surface area (Å²) in [5, 5.41) is 20.9. The summed E-state index contributed by atoms with van der Waals surface area (Å²) in [6.45, 7) is 2.82. The number of ether oxygens (including phenoxy) is 3. The van der Waals surface area contributed by atoms with Crippen molar-refractivity contribution in [3.8, 4) is 23.0 Å². The van der Waals surface area contributed by atoms with E-state index in [9.17, 15) is 10.2 Å². The summed E-state index contributed by atoms with van der Waals surface area (Å²) >= 11 is 0. The minimum absolute atomic E-state index is 0.124. The Kier molecular flexibility index (Phi) is 3.92. The summed E-state index contributed by atoms with van der Waals surface area (Å²) in [6.07, 6.45) is 0. The van der Waals surface area contributed by atoms with Crippen molar-refractivity contribution in [2.45, 2.75) is 6.04 Å². The fourth-order valence-corrected chi connectivity index (χ4v) is 3.28. The number of fused-ring (bicyclic) bond motifs is 1. The molecule has 1 saturated heterocycles. The molecule has 0 saturated carbocycles. The Balaban J connectivity index is 1.82. The molecule has 2 heterocycles. The second kappa shape index (κ2) is 6.22.